The standard InChI is InChI=1S/C42H30N6O12/c1-19-7-31-33-9-21(19)2-23-11-35-36-12-24(23)3-22-10-34-32(8-20(1)22)50-44-54-38-14-26-4-25-13-37(53-43-49-31)39(57-45-51-33)15-27(25)5-29-17-41(59-47-55-35)42(60-48-56-36)18-30(29)6-28(26)16-40(38)58-46-52-34/h7-18,43-48H,1-6H2. The molecule has 0 unspecified atom stereocenters. The Bertz CT molecular complexity index is 2170. The van der Waals surface area contributed by atoms with Gasteiger partial charge in [-0.15, -0.1) is 0 Å². The molecule has 0 saturated heterocycles. The van der Waals surface area contributed by atoms with Crippen LogP contribution < -0.4 is 91.9 Å². The molecule has 0 amide bonds. The van der Waals surface area contributed by atoms with E-state index in [0.717, 1.165) is 66.8 Å². The fraction of sp³-hybridized carbons (Fsp3) is 0.143. The molecule has 3 heterocycles. The van der Waals surface area contributed by atoms with Crippen molar-refractivity contribution < 1.29 is 58.1 Å². The Morgan fingerprint density at radius 3 is 0.383 bits per heavy atom. The number of nitrogens with one attached hydrogen (secondary N) is 6. The van der Waals surface area contributed by atoms with E-state index in [1.165, 1.54) is 0 Å². The van der Waals surface area contributed by atoms with Crippen LogP contribution >= 0.6 is 0 Å². The predicted octanol–water partition coefficient (Wildman–Crippen LogP) is 4.69. The van der Waals surface area contributed by atoms with Gasteiger partial charge in [-0.05, 0) is 178 Å². The van der Waals surface area contributed by atoms with Crippen molar-refractivity contribution in [2.45, 2.75) is 38.5 Å². The van der Waals surface area contributed by atoms with Gasteiger partial charge >= 0.3 is 0 Å². The zero-order valence-electron chi connectivity index (χ0n) is 31.1. The van der Waals surface area contributed by atoms with Gasteiger partial charge in [0, 0.05) is 33.9 Å². The van der Waals surface area contributed by atoms with E-state index in [2.05, 4.69) is 33.9 Å². The molecule has 0 aromatic heterocycles. The molecule has 6 aromatic carbocycles. The van der Waals surface area contributed by atoms with Crippen molar-refractivity contribution in [2.75, 3.05) is 0 Å². The molecule has 6 aromatic rings. The molecule has 18 heteroatoms. The summed E-state index contributed by atoms with van der Waals surface area (Å²) in [5, 5.41) is 0. The quantitative estimate of drug-likeness (QED) is 0.124. The minimum Gasteiger partial charge on any atom is -0.370 e. The molecule has 18 nitrogen and oxygen atoms in total. The van der Waals surface area contributed by atoms with E-state index in [1.807, 2.05) is 72.8 Å². The van der Waals surface area contributed by atoms with Crippen LogP contribution in [-0.2, 0) is 38.5 Å². The highest BCUT2D eigenvalue weighted by atomic mass is 17.0. The van der Waals surface area contributed by atoms with Crippen LogP contribution in [0.1, 0.15) is 66.8 Å². The number of fused-ring (bicyclic) bond motifs is 12. The van der Waals surface area contributed by atoms with E-state index in [4.69, 9.17) is 58.1 Å². The average molecular weight is 811 g/mol. The van der Waals surface area contributed by atoms with Gasteiger partial charge in [0.25, 0.3) is 0 Å². The minimum absolute atomic E-state index is 0.335. The smallest absolute Gasteiger partial charge is 0.196 e. The van der Waals surface area contributed by atoms with Crippen molar-refractivity contribution in [3.05, 3.63) is 140 Å². The van der Waals surface area contributed by atoms with Gasteiger partial charge in [0.1, 0.15) is 0 Å². The van der Waals surface area contributed by atoms with E-state index in [1.54, 1.807) is 0 Å². The molecule has 300 valence electrons. The summed E-state index contributed by atoms with van der Waals surface area (Å²) in [5.41, 5.74) is 27.1. The van der Waals surface area contributed by atoms with Crippen LogP contribution in [0.25, 0.3) is 0 Å². The molecule has 5 aliphatic rings. The van der Waals surface area contributed by atoms with Crippen LogP contribution in [0.15, 0.2) is 72.8 Å². The summed E-state index contributed by atoms with van der Waals surface area (Å²) in [5.74, 6) is 4.03. The lowest BCUT2D eigenvalue weighted by Crippen LogP contribution is -2.29. The van der Waals surface area contributed by atoms with Crippen molar-refractivity contribution in [3.8, 4) is 69.0 Å². The van der Waals surface area contributed by atoms with Gasteiger partial charge < -0.3 is 58.1 Å². The summed E-state index contributed by atoms with van der Waals surface area (Å²) in [7, 11) is 0. The van der Waals surface area contributed by atoms with Crippen LogP contribution in [0.4, 0.5) is 0 Å². The van der Waals surface area contributed by atoms with Gasteiger partial charge in [0.2, 0.25) is 0 Å². The zero-order chi connectivity index (χ0) is 39.3. The Kier molecular flexibility index (Phi) is 7.34. The Morgan fingerprint density at radius 2 is 0.283 bits per heavy atom. The van der Waals surface area contributed by atoms with Crippen molar-refractivity contribution in [2.24, 2.45) is 0 Å². The SMILES string of the molecule is c1c2c3cc4c1ONOc1cc5c(cc1ONO4)Cc1cc4c6cc1Cc1cc7c(cc1C5)ONOc1cc(c(cc1ONO7)Cc1cc(c(cc1C3)ONO4)ONO6)C2. The van der Waals surface area contributed by atoms with Gasteiger partial charge in [-0.25, -0.2) is 0 Å². The molecule has 0 saturated carbocycles. The fourth-order valence-corrected chi connectivity index (χ4v) is 8.69. The molecule has 0 radical (unpaired) electrons. The third-order valence-corrected chi connectivity index (χ3v) is 11.7. The van der Waals surface area contributed by atoms with Crippen LogP contribution in [0.2, 0.25) is 0 Å². The third kappa shape index (κ3) is 5.66. The highest BCUT2D eigenvalue weighted by molar-refractivity contribution is 5.60. The summed E-state index contributed by atoms with van der Waals surface area (Å²) in [6.07, 6.45) is 2.61. The first kappa shape index (κ1) is 33.6. The van der Waals surface area contributed by atoms with E-state index in [0.29, 0.717) is 108 Å². The fourth-order valence-electron chi connectivity index (χ4n) is 8.69. The number of hydrogen-bond acceptors (Lipinski definition) is 18. The van der Waals surface area contributed by atoms with E-state index < -0.39 is 0 Å². The van der Waals surface area contributed by atoms with Crippen LogP contribution in [0.3, 0.4) is 0 Å². The van der Waals surface area contributed by atoms with Gasteiger partial charge in [-0.1, -0.05) is 0 Å². The maximum atomic E-state index is 6.13. The zero-order valence-corrected chi connectivity index (χ0v) is 31.1. The second kappa shape index (κ2) is 13.1. The lowest BCUT2D eigenvalue weighted by molar-refractivity contribution is -0.0597. The molecule has 11 rings (SSSR count). The summed E-state index contributed by atoms with van der Waals surface area (Å²) in [4.78, 5) is 73.5. The number of rotatable bonds is 0. The van der Waals surface area contributed by atoms with Gasteiger partial charge in [0.05, 0.1) is 0 Å². The monoisotopic (exact) mass is 810 g/mol. The molecule has 6 N–H and O–H groups in total. The maximum absolute atomic E-state index is 6.13. The highest BCUT2D eigenvalue weighted by Crippen LogP contribution is 2.44. The Labute approximate surface area is 338 Å². The first-order chi connectivity index (χ1) is 29.6. The first-order valence-corrected chi connectivity index (χ1v) is 19.1. The lowest BCUT2D eigenvalue weighted by atomic mass is 9.94. The van der Waals surface area contributed by atoms with Gasteiger partial charge in [-0.3, -0.25) is 0 Å². The van der Waals surface area contributed by atoms with Crippen molar-refractivity contribution in [1.82, 2.24) is 33.9 Å². The lowest BCUT2D eigenvalue weighted by Gasteiger charge is -2.23. The second-order valence-corrected chi connectivity index (χ2v) is 15.2. The summed E-state index contributed by atoms with van der Waals surface area (Å²) >= 11 is 0. The maximum Gasteiger partial charge on any atom is 0.196 e. The Hall–Kier alpha value is -7.32. The average Bonchev–Trinajstić information content (AvgIpc) is 3.33. The molecule has 0 atom stereocenters. The summed E-state index contributed by atoms with van der Waals surface area (Å²) < 4.78 is 0. The minimum atomic E-state index is 0.335. The van der Waals surface area contributed by atoms with Gasteiger partial charge in [0.15, 0.2) is 69.0 Å². The molecule has 2 aliphatic carbocycles. The van der Waals surface area contributed by atoms with Gasteiger partial charge in [-0.2, -0.15) is 0 Å². The largest absolute Gasteiger partial charge is 0.370 e. The molecular weight excluding hydrogens is 780 g/mol. The Morgan fingerprint density at radius 1 is 0.183 bits per heavy atom. The Balaban J connectivity index is 1.13. The molecule has 3 aliphatic heterocycles. The first-order valence-electron chi connectivity index (χ1n) is 19.1. The number of hydrogen-bond donors (Lipinski definition) is 6. The normalized spacial score (nSPS) is 16.8. The highest BCUT2D eigenvalue weighted by Gasteiger charge is 2.29. The van der Waals surface area contributed by atoms with Crippen LogP contribution in [0.5, 0.6) is 69.0 Å². The molecule has 0 fully saturated rings. The van der Waals surface area contributed by atoms with Crippen molar-refractivity contribution in [3.63, 3.8) is 0 Å². The van der Waals surface area contributed by atoms with Crippen LogP contribution in [-0.4, -0.2) is 0 Å². The van der Waals surface area contributed by atoms with E-state index in [9.17, 15) is 0 Å². The molecular formula is C42H30N6O12. The summed E-state index contributed by atoms with van der Waals surface area (Å²) in [6, 6.07) is 22.7. The topological polar surface area (TPSA) is 183 Å². The third-order valence-electron chi connectivity index (χ3n) is 11.7. The second-order valence-electron chi connectivity index (χ2n) is 15.2. The summed E-state index contributed by atoms with van der Waals surface area (Å²) in [6.45, 7) is 0. The molecule has 0 spiro atoms. The molecule has 0 bridgehead atoms. The van der Waals surface area contributed by atoms with E-state index >= 15 is 0 Å². The molecule has 60 heavy (non-hydrogen) atoms. The van der Waals surface area contributed by atoms with Crippen molar-refractivity contribution in [1.29, 1.82) is 0 Å². The van der Waals surface area contributed by atoms with E-state index in [-0.39, 0.29) is 0 Å². The van der Waals surface area contributed by atoms with Crippen molar-refractivity contribution >= 4 is 0 Å². The predicted molar refractivity (Wildman–Crippen MR) is 202 cm³/mol. The number of benzene rings is 6. The van der Waals surface area contributed by atoms with Crippen LogP contribution in [0, 0.1) is 0 Å².